The SMILES string of the molecule is CCCCCC(C)(O)CCCC(Cl)(CCCCCCC(=O)O)C(C)=O. The van der Waals surface area contributed by atoms with E-state index < -0.39 is 16.4 Å². The average Bonchev–Trinajstić information content (AvgIpc) is 2.50. The smallest absolute Gasteiger partial charge is 0.303 e. The van der Waals surface area contributed by atoms with E-state index in [9.17, 15) is 14.7 Å². The van der Waals surface area contributed by atoms with Crippen molar-refractivity contribution >= 4 is 23.4 Å². The lowest BCUT2D eigenvalue weighted by Gasteiger charge is -2.28. The topological polar surface area (TPSA) is 74.6 Å². The molecule has 2 atom stereocenters. The molecule has 0 aliphatic carbocycles. The van der Waals surface area contributed by atoms with Crippen molar-refractivity contribution in [2.45, 2.75) is 115 Å². The van der Waals surface area contributed by atoms with Crippen molar-refractivity contribution < 1.29 is 19.8 Å². The van der Waals surface area contributed by atoms with Crippen LogP contribution in [0.15, 0.2) is 0 Å². The highest BCUT2D eigenvalue weighted by Gasteiger charge is 2.32. The van der Waals surface area contributed by atoms with Crippen molar-refractivity contribution in [2.75, 3.05) is 0 Å². The summed E-state index contributed by atoms with van der Waals surface area (Å²) in [6, 6.07) is 0. The lowest BCUT2D eigenvalue weighted by molar-refractivity contribution is -0.137. The molecule has 2 N–H and O–H groups in total. The third-order valence-electron chi connectivity index (χ3n) is 4.95. The quantitative estimate of drug-likeness (QED) is 0.276. The molecule has 0 amide bonds. The van der Waals surface area contributed by atoms with Crippen LogP contribution in [0.3, 0.4) is 0 Å². The first kappa shape index (κ1) is 24.4. The molecule has 148 valence electrons. The van der Waals surface area contributed by atoms with E-state index in [0.29, 0.717) is 25.7 Å². The number of Topliss-reactive ketones (excluding diaryl/α,β-unsaturated/α-hetero) is 1. The molecule has 5 heteroatoms. The number of hydrogen-bond acceptors (Lipinski definition) is 3. The van der Waals surface area contributed by atoms with Crippen LogP contribution in [0.2, 0.25) is 0 Å². The molecule has 0 aromatic carbocycles. The van der Waals surface area contributed by atoms with Gasteiger partial charge in [-0.3, -0.25) is 9.59 Å². The fraction of sp³-hybridized carbons (Fsp3) is 0.900. The summed E-state index contributed by atoms with van der Waals surface area (Å²) >= 11 is 6.57. The molecule has 0 aliphatic heterocycles. The number of halogens is 1. The second-order valence-corrected chi connectivity index (χ2v) is 8.36. The Kier molecular flexibility index (Phi) is 12.4. The fourth-order valence-corrected chi connectivity index (χ4v) is 3.41. The Morgan fingerprint density at radius 1 is 0.880 bits per heavy atom. The fourth-order valence-electron chi connectivity index (χ4n) is 3.14. The highest BCUT2D eigenvalue weighted by Crippen LogP contribution is 2.32. The van der Waals surface area contributed by atoms with Crippen LogP contribution in [0.1, 0.15) is 104 Å². The molecule has 0 saturated heterocycles. The molecule has 0 fully saturated rings. The summed E-state index contributed by atoms with van der Waals surface area (Å²) in [6.45, 7) is 5.55. The standard InChI is InChI=1S/C20H37ClO4/c1-4-5-9-13-19(3,25)14-11-16-20(21,17(2)22)15-10-7-6-8-12-18(23)24/h25H,4-16H2,1-3H3,(H,23,24). The van der Waals surface area contributed by atoms with E-state index in [-0.39, 0.29) is 12.2 Å². The zero-order chi connectivity index (χ0) is 19.3. The molecule has 0 saturated carbocycles. The van der Waals surface area contributed by atoms with Crippen LogP contribution in [0.25, 0.3) is 0 Å². The van der Waals surface area contributed by atoms with Crippen molar-refractivity contribution in [3.05, 3.63) is 0 Å². The number of rotatable bonds is 16. The zero-order valence-electron chi connectivity index (χ0n) is 16.3. The summed E-state index contributed by atoms with van der Waals surface area (Å²) in [5, 5.41) is 19.0. The van der Waals surface area contributed by atoms with Crippen molar-refractivity contribution in [3.8, 4) is 0 Å². The van der Waals surface area contributed by atoms with Crippen LogP contribution < -0.4 is 0 Å². The van der Waals surface area contributed by atoms with Crippen LogP contribution >= 0.6 is 11.6 Å². The molecule has 25 heavy (non-hydrogen) atoms. The maximum absolute atomic E-state index is 12.0. The number of aliphatic carboxylic acids is 1. The number of carbonyl (C=O) groups is 2. The van der Waals surface area contributed by atoms with Gasteiger partial charge in [0.05, 0.1) is 5.60 Å². The minimum atomic E-state index is -0.841. The van der Waals surface area contributed by atoms with Crippen LogP contribution in [-0.2, 0) is 9.59 Å². The highest BCUT2D eigenvalue weighted by molar-refractivity contribution is 6.34. The Labute approximate surface area is 158 Å². The van der Waals surface area contributed by atoms with Crippen molar-refractivity contribution in [2.24, 2.45) is 0 Å². The van der Waals surface area contributed by atoms with Gasteiger partial charge in [0.15, 0.2) is 5.78 Å². The second-order valence-electron chi connectivity index (χ2n) is 7.64. The molecule has 4 nitrogen and oxygen atoms in total. The minimum absolute atomic E-state index is 0.00896. The molecular formula is C20H37ClO4. The summed E-state index contributed by atoms with van der Waals surface area (Å²) in [5.41, 5.74) is -0.680. The van der Waals surface area contributed by atoms with E-state index in [1.165, 1.54) is 6.92 Å². The van der Waals surface area contributed by atoms with E-state index >= 15 is 0 Å². The van der Waals surface area contributed by atoms with Gasteiger partial charge in [-0.1, -0.05) is 45.4 Å². The maximum Gasteiger partial charge on any atom is 0.303 e. The Morgan fingerprint density at radius 2 is 1.40 bits per heavy atom. The predicted molar refractivity (Wildman–Crippen MR) is 103 cm³/mol. The van der Waals surface area contributed by atoms with Crippen LogP contribution in [0, 0.1) is 0 Å². The number of carbonyl (C=O) groups excluding carboxylic acids is 1. The minimum Gasteiger partial charge on any atom is -0.481 e. The molecule has 0 heterocycles. The Hall–Kier alpha value is -0.610. The first-order valence-electron chi connectivity index (χ1n) is 9.77. The number of unbranched alkanes of at least 4 members (excludes halogenated alkanes) is 5. The third kappa shape index (κ3) is 12.4. The van der Waals surface area contributed by atoms with Gasteiger partial charge in [-0.05, 0) is 52.4 Å². The van der Waals surface area contributed by atoms with Crippen LogP contribution in [-0.4, -0.2) is 32.4 Å². The predicted octanol–water partition coefficient (Wildman–Crippen LogP) is 5.48. The van der Waals surface area contributed by atoms with Gasteiger partial charge in [-0.25, -0.2) is 0 Å². The lowest BCUT2D eigenvalue weighted by atomic mass is 9.86. The number of carboxylic acids is 1. The van der Waals surface area contributed by atoms with Gasteiger partial charge in [-0.15, -0.1) is 11.6 Å². The average molecular weight is 377 g/mol. The van der Waals surface area contributed by atoms with Crippen molar-refractivity contribution in [1.82, 2.24) is 0 Å². The normalized spacial score (nSPS) is 16.2. The van der Waals surface area contributed by atoms with Gasteiger partial charge in [0, 0.05) is 6.42 Å². The third-order valence-corrected chi connectivity index (χ3v) is 5.60. The summed E-state index contributed by atoms with van der Waals surface area (Å²) in [5.74, 6) is -0.772. The van der Waals surface area contributed by atoms with E-state index in [4.69, 9.17) is 16.7 Å². The van der Waals surface area contributed by atoms with Gasteiger partial charge >= 0.3 is 5.97 Å². The van der Waals surface area contributed by atoms with Gasteiger partial charge in [0.2, 0.25) is 0 Å². The van der Waals surface area contributed by atoms with Crippen molar-refractivity contribution in [1.29, 1.82) is 0 Å². The monoisotopic (exact) mass is 376 g/mol. The summed E-state index contributed by atoms with van der Waals surface area (Å²) in [7, 11) is 0. The molecular weight excluding hydrogens is 340 g/mol. The molecule has 0 aromatic rings. The Morgan fingerprint density at radius 3 is 1.96 bits per heavy atom. The van der Waals surface area contributed by atoms with E-state index in [2.05, 4.69) is 6.92 Å². The first-order chi connectivity index (χ1) is 11.6. The summed E-state index contributed by atoms with van der Waals surface area (Å²) in [4.78, 5) is 21.6. The van der Waals surface area contributed by atoms with E-state index in [1.807, 2.05) is 6.92 Å². The van der Waals surface area contributed by atoms with Gasteiger partial charge < -0.3 is 10.2 Å². The molecule has 0 spiro atoms. The van der Waals surface area contributed by atoms with Crippen LogP contribution in [0.5, 0.6) is 0 Å². The molecule has 0 bridgehead atoms. The summed E-state index contributed by atoms with van der Waals surface area (Å²) in [6.07, 6.45) is 10.1. The maximum atomic E-state index is 12.0. The number of carboxylic acid groups (broad SMARTS) is 1. The number of aliphatic hydroxyl groups is 1. The van der Waals surface area contributed by atoms with Crippen molar-refractivity contribution in [3.63, 3.8) is 0 Å². The zero-order valence-corrected chi connectivity index (χ0v) is 17.0. The van der Waals surface area contributed by atoms with E-state index in [0.717, 1.165) is 51.4 Å². The van der Waals surface area contributed by atoms with Gasteiger partial charge in [-0.2, -0.15) is 0 Å². The Bertz CT molecular complexity index is 395. The molecule has 2 unspecified atom stereocenters. The van der Waals surface area contributed by atoms with Gasteiger partial charge in [0.1, 0.15) is 4.87 Å². The van der Waals surface area contributed by atoms with E-state index in [1.54, 1.807) is 0 Å². The number of alkyl halides is 1. The second kappa shape index (κ2) is 12.7. The lowest BCUT2D eigenvalue weighted by Crippen LogP contribution is -2.32. The van der Waals surface area contributed by atoms with Crippen LogP contribution in [0.4, 0.5) is 0 Å². The Balaban J connectivity index is 4.16. The number of ketones is 1. The van der Waals surface area contributed by atoms with Gasteiger partial charge in [0.25, 0.3) is 0 Å². The largest absolute Gasteiger partial charge is 0.481 e. The first-order valence-corrected chi connectivity index (χ1v) is 10.1. The highest BCUT2D eigenvalue weighted by atomic mass is 35.5. The summed E-state index contributed by atoms with van der Waals surface area (Å²) < 4.78 is 0. The molecule has 0 rings (SSSR count). The molecule has 0 radical (unpaired) electrons. The molecule has 0 aliphatic rings. The molecule has 0 aromatic heterocycles. The number of hydrogen-bond donors (Lipinski definition) is 2.